The fourth-order valence-electron chi connectivity index (χ4n) is 1.78. The number of esters is 1. The molecule has 2 heterocycles. The van der Waals surface area contributed by atoms with Gasteiger partial charge in [0.1, 0.15) is 22.7 Å². The van der Waals surface area contributed by atoms with Gasteiger partial charge >= 0.3 is 5.97 Å². The largest absolute Gasteiger partial charge is 0.462 e. The number of hydrogen-bond acceptors (Lipinski definition) is 7. The van der Waals surface area contributed by atoms with E-state index in [0.29, 0.717) is 23.0 Å². The zero-order valence-electron chi connectivity index (χ0n) is 11.9. The molecule has 0 aliphatic carbocycles. The van der Waals surface area contributed by atoms with Gasteiger partial charge < -0.3 is 9.15 Å². The van der Waals surface area contributed by atoms with E-state index in [-0.39, 0.29) is 23.6 Å². The van der Waals surface area contributed by atoms with Gasteiger partial charge in [-0.2, -0.15) is 0 Å². The molecule has 0 saturated heterocycles. The number of aromatic nitrogens is 2. The fraction of sp³-hybridized carbons (Fsp3) is 0.286. The topological polar surface area (TPSA) is 82.3 Å². The number of carbonyl (C=O) groups excluding carboxylic acids is 2. The molecule has 2 aromatic heterocycles. The number of hydrogen-bond donors (Lipinski definition) is 0. The van der Waals surface area contributed by atoms with Crippen LogP contribution < -0.4 is 0 Å². The second kappa shape index (κ2) is 6.53. The molecule has 0 N–H and O–H groups in total. The second-order valence-electron chi connectivity index (χ2n) is 4.07. The quantitative estimate of drug-likeness (QED) is 0.363. The average molecular weight is 306 g/mol. The molecular weight excluding hydrogens is 292 g/mol. The van der Waals surface area contributed by atoms with Gasteiger partial charge in [-0.25, -0.2) is 14.8 Å². The molecule has 0 spiro atoms. The van der Waals surface area contributed by atoms with Crippen LogP contribution in [0.25, 0.3) is 11.5 Å². The molecule has 6 nitrogen and oxygen atoms in total. The first-order chi connectivity index (χ1) is 10.1. The van der Waals surface area contributed by atoms with Crippen LogP contribution in [0, 0.1) is 6.92 Å². The second-order valence-corrected chi connectivity index (χ2v) is 4.84. The van der Waals surface area contributed by atoms with Crippen LogP contribution in [0.2, 0.25) is 0 Å². The summed E-state index contributed by atoms with van der Waals surface area (Å²) < 4.78 is 10.5. The van der Waals surface area contributed by atoms with E-state index >= 15 is 0 Å². The summed E-state index contributed by atoms with van der Waals surface area (Å²) in [5, 5.41) is 0.384. The molecule has 2 aromatic rings. The van der Waals surface area contributed by atoms with Gasteiger partial charge in [0.2, 0.25) is 0 Å². The van der Waals surface area contributed by atoms with Crippen LogP contribution in [0.3, 0.4) is 0 Å². The lowest BCUT2D eigenvalue weighted by Gasteiger charge is -2.09. The van der Waals surface area contributed by atoms with Crippen LogP contribution in [0.4, 0.5) is 0 Å². The summed E-state index contributed by atoms with van der Waals surface area (Å²) in [4.78, 5) is 31.7. The molecule has 21 heavy (non-hydrogen) atoms. The van der Waals surface area contributed by atoms with Gasteiger partial charge in [0.15, 0.2) is 17.2 Å². The molecule has 0 saturated carbocycles. The number of nitrogens with zero attached hydrogens (tertiary/aromatic N) is 2. The first kappa shape index (κ1) is 15.2. The minimum absolute atomic E-state index is 0.00291. The van der Waals surface area contributed by atoms with Gasteiger partial charge in [0.05, 0.1) is 6.61 Å². The summed E-state index contributed by atoms with van der Waals surface area (Å²) >= 11 is 1.27. The van der Waals surface area contributed by atoms with Gasteiger partial charge in [-0.1, -0.05) is 11.8 Å². The highest BCUT2D eigenvalue weighted by molar-refractivity contribution is 7.98. The van der Waals surface area contributed by atoms with Gasteiger partial charge in [-0.05, 0) is 32.2 Å². The van der Waals surface area contributed by atoms with Crippen molar-refractivity contribution in [3.63, 3.8) is 0 Å². The van der Waals surface area contributed by atoms with Crippen molar-refractivity contribution in [3.8, 4) is 11.5 Å². The van der Waals surface area contributed by atoms with Gasteiger partial charge in [-0.15, -0.1) is 0 Å². The van der Waals surface area contributed by atoms with Crippen LogP contribution in [-0.2, 0) is 4.74 Å². The van der Waals surface area contributed by atoms with Crippen LogP contribution >= 0.6 is 11.8 Å². The van der Waals surface area contributed by atoms with Crippen molar-refractivity contribution in [2.45, 2.75) is 19.0 Å². The molecule has 0 amide bonds. The van der Waals surface area contributed by atoms with E-state index in [1.807, 2.05) is 0 Å². The SMILES string of the molecule is CCOC(=O)c1c(C=O)nc(SC)nc1-c1ccc(C)o1. The third kappa shape index (κ3) is 3.13. The Hall–Kier alpha value is -2.15. The normalized spacial score (nSPS) is 10.4. The number of carbonyl (C=O) groups is 2. The first-order valence-corrected chi connectivity index (χ1v) is 7.48. The zero-order chi connectivity index (χ0) is 15.4. The molecule has 0 aromatic carbocycles. The van der Waals surface area contributed by atoms with E-state index in [9.17, 15) is 9.59 Å². The molecule has 0 fully saturated rings. The molecule has 2 rings (SSSR count). The van der Waals surface area contributed by atoms with Crippen molar-refractivity contribution in [2.24, 2.45) is 0 Å². The number of furan rings is 1. The van der Waals surface area contributed by atoms with Crippen molar-refractivity contribution in [1.82, 2.24) is 9.97 Å². The van der Waals surface area contributed by atoms with Crippen LogP contribution in [0.15, 0.2) is 21.7 Å². The Morgan fingerprint density at radius 2 is 2.19 bits per heavy atom. The Labute approximate surface area is 125 Å². The standard InChI is InChI=1S/C14H14N2O4S/c1-4-19-13(18)11-9(7-17)15-14(21-3)16-12(11)10-6-5-8(2)20-10/h5-7H,4H2,1-3H3. The highest BCUT2D eigenvalue weighted by atomic mass is 32.2. The number of ether oxygens (including phenoxy) is 1. The molecule has 110 valence electrons. The van der Waals surface area contributed by atoms with Gasteiger partial charge in [0, 0.05) is 0 Å². The number of aldehydes is 1. The lowest BCUT2D eigenvalue weighted by molar-refractivity contribution is 0.0523. The number of thioether (sulfide) groups is 1. The maximum atomic E-state index is 12.1. The highest BCUT2D eigenvalue weighted by Gasteiger charge is 2.24. The summed E-state index contributed by atoms with van der Waals surface area (Å²) in [6.07, 6.45) is 2.30. The first-order valence-electron chi connectivity index (χ1n) is 6.25. The van der Waals surface area contributed by atoms with Crippen molar-refractivity contribution >= 4 is 24.0 Å². The summed E-state index contributed by atoms with van der Waals surface area (Å²) in [7, 11) is 0. The van der Waals surface area contributed by atoms with E-state index in [4.69, 9.17) is 9.15 Å². The van der Waals surface area contributed by atoms with Crippen molar-refractivity contribution in [1.29, 1.82) is 0 Å². The predicted molar refractivity (Wildman–Crippen MR) is 77.6 cm³/mol. The van der Waals surface area contributed by atoms with Crippen molar-refractivity contribution < 1.29 is 18.7 Å². The summed E-state index contributed by atoms with van der Waals surface area (Å²) in [6.45, 7) is 3.66. The lowest BCUT2D eigenvalue weighted by Crippen LogP contribution is -2.13. The zero-order valence-corrected chi connectivity index (χ0v) is 12.7. The Bertz CT molecular complexity index is 682. The average Bonchev–Trinajstić information content (AvgIpc) is 2.92. The van der Waals surface area contributed by atoms with Gasteiger partial charge in [-0.3, -0.25) is 4.79 Å². The number of aryl methyl sites for hydroxylation is 1. The van der Waals surface area contributed by atoms with E-state index in [1.165, 1.54) is 11.8 Å². The smallest absolute Gasteiger partial charge is 0.342 e. The van der Waals surface area contributed by atoms with E-state index < -0.39 is 5.97 Å². The molecule has 0 aliphatic heterocycles. The summed E-state index contributed by atoms with van der Waals surface area (Å²) in [5.74, 6) is 0.435. The monoisotopic (exact) mass is 306 g/mol. The van der Waals surface area contributed by atoms with E-state index in [1.54, 1.807) is 32.2 Å². The van der Waals surface area contributed by atoms with Crippen LogP contribution in [0.1, 0.15) is 33.5 Å². The molecular formula is C14H14N2O4S. The molecule has 7 heteroatoms. The summed E-state index contributed by atoms with van der Waals surface area (Å²) in [5.41, 5.74) is 0.291. The minimum Gasteiger partial charge on any atom is -0.462 e. The van der Waals surface area contributed by atoms with Crippen molar-refractivity contribution in [2.75, 3.05) is 12.9 Å². The van der Waals surface area contributed by atoms with E-state index in [0.717, 1.165) is 0 Å². The molecule has 0 radical (unpaired) electrons. The fourth-order valence-corrected chi connectivity index (χ4v) is 2.15. The van der Waals surface area contributed by atoms with Gasteiger partial charge in [0.25, 0.3) is 0 Å². The summed E-state index contributed by atoms with van der Waals surface area (Å²) in [6, 6.07) is 3.45. The third-order valence-electron chi connectivity index (χ3n) is 2.66. The molecule has 0 atom stereocenters. The molecule has 0 bridgehead atoms. The maximum Gasteiger partial charge on any atom is 0.342 e. The third-order valence-corrected chi connectivity index (χ3v) is 3.21. The van der Waals surface area contributed by atoms with Crippen LogP contribution in [0.5, 0.6) is 0 Å². The van der Waals surface area contributed by atoms with Crippen LogP contribution in [-0.4, -0.2) is 35.1 Å². The molecule has 0 unspecified atom stereocenters. The van der Waals surface area contributed by atoms with Crippen molar-refractivity contribution in [3.05, 3.63) is 29.2 Å². The maximum absolute atomic E-state index is 12.1. The Morgan fingerprint density at radius 1 is 1.43 bits per heavy atom. The lowest BCUT2D eigenvalue weighted by atomic mass is 10.1. The predicted octanol–water partition coefficient (Wildman–Crippen LogP) is 2.76. The highest BCUT2D eigenvalue weighted by Crippen LogP contribution is 2.27. The minimum atomic E-state index is -0.642. The molecule has 0 aliphatic rings. The Balaban J connectivity index is 2.69. The Morgan fingerprint density at radius 3 is 2.71 bits per heavy atom. The Kier molecular flexibility index (Phi) is 4.74. The number of rotatable bonds is 5. The van der Waals surface area contributed by atoms with E-state index in [2.05, 4.69) is 9.97 Å².